The van der Waals surface area contributed by atoms with Crippen LogP contribution in [-0.4, -0.2) is 59.7 Å². The van der Waals surface area contributed by atoms with Gasteiger partial charge in [-0.25, -0.2) is 4.79 Å². The lowest BCUT2D eigenvalue weighted by molar-refractivity contribution is -0.142. The standard InChI is InChI=1S/C7H13NO2.C7H12O4/c1-6(2)7(10)8-4-3-5-9;1-5(2)7(10)11-4-6(9)3-8/h9H,1,3-5H2,2H3,(H,8,10);6,8-9H,1,3-4H2,2H3. The molecule has 0 rings (SSSR count). The van der Waals surface area contributed by atoms with Crippen molar-refractivity contribution in [2.24, 2.45) is 0 Å². The maximum Gasteiger partial charge on any atom is 0.333 e. The first-order chi connectivity index (χ1) is 9.76. The molecule has 1 amide bonds. The molecule has 4 N–H and O–H groups in total. The van der Waals surface area contributed by atoms with E-state index in [1.807, 2.05) is 0 Å². The highest BCUT2D eigenvalue weighted by Crippen LogP contribution is 1.93. The summed E-state index contributed by atoms with van der Waals surface area (Å²) in [5.41, 5.74) is 0.771. The number of amides is 1. The zero-order chi connectivity index (χ0) is 16.8. The summed E-state index contributed by atoms with van der Waals surface area (Å²) >= 11 is 0. The minimum absolute atomic E-state index is 0.108. The van der Waals surface area contributed by atoms with Gasteiger partial charge in [-0.3, -0.25) is 4.79 Å². The molecule has 1 atom stereocenters. The van der Waals surface area contributed by atoms with E-state index in [0.717, 1.165) is 0 Å². The van der Waals surface area contributed by atoms with E-state index in [1.165, 1.54) is 6.92 Å². The zero-order valence-electron chi connectivity index (χ0n) is 12.6. The molecular formula is C14H25NO6. The Balaban J connectivity index is 0. The lowest BCUT2D eigenvalue weighted by Crippen LogP contribution is -2.25. The van der Waals surface area contributed by atoms with Crippen LogP contribution in [-0.2, 0) is 14.3 Å². The fourth-order valence-electron chi connectivity index (χ4n) is 0.780. The van der Waals surface area contributed by atoms with E-state index in [0.29, 0.717) is 18.5 Å². The van der Waals surface area contributed by atoms with Gasteiger partial charge >= 0.3 is 5.97 Å². The first kappa shape index (κ1) is 21.6. The van der Waals surface area contributed by atoms with Crippen molar-refractivity contribution in [2.75, 3.05) is 26.4 Å². The van der Waals surface area contributed by atoms with Crippen LogP contribution in [0.2, 0.25) is 0 Å². The molecular weight excluding hydrogens is 278 g/mol. The number of carbonyl (C=O) groups excluding carboxylic acids is 2. The minimum Gasteiger partial charge on any atom is -0.460 e. The number of hydrogen-bond acceptors (Lipinski definition) is 6. The summed E-state index contributed by atoms with van der Waals surface area (Å²) < 4.78 is 4.51. The van der Waals surface area contributed by atoms with Crippen molar-refractivity contribution < 1.29 is 29.6 Å². The Morgan fingerprint density at radius 1 is 1.19 bits per heavy atom. The maximum atomic E-state index is 10.7. The SMILES string of the molecule is C=C(C)C(=O)NCCCO.C=C(C)C(=O)OCC(O)CO. The van der Waals surface area contributed by atoms with E-state index in [-0.39, 0.29) is 24.7 Å². The van der Waals surface area contributed by atoms with Crippen molar-refractivity contribution in [1.82, 2.24) is 5.32 Å². The van der Waals surface area contributed by atoms with Gasteiger partial charge in [0.15, 0.2) is 0 Å². The molecule has 0 heterocycles. The van der Waals surface area contributed by atoms with Gasteiger partial charge in [0.05, 0.1) is 6.61 Å². The molecule has 0 radical (unpaired) electrons. The molecule has 1 unspecified atom stereocenters. The molecule has 0 aliphatic heterocycles. The van der Waals surface area contributed by atoms with E-state index in [4.69, 9.17) is 15.3 Å². The third-order valence-corrected chi connectivity index (χ3v) is 1.97. The van der Waals surface area contributed by atoms with Crippen molar-refractivity contribution in [3.8, 4) is 0 Å². The first-order valence-corrected chi connectivity index (χ1v) is 6.42. The summed E-state index contributed by atoms with van der Waals surface area (Å²) in [6.45, 7) is 9.97. The molecule has 0 aliphatic carbocycles. The molecule has 0 aromatic rings. The van der Waals surface area contributed by atoms with Crippen molar-refractivity contribution in [3.63, 3.8) is 0 Å². The highest BCUT2D eigenvalue weighted by molar-refractivity contribution is 5.92. The van der Waals surface area contributed by atoms with Crippen molar-refractivity contribution in [1.29, 1.82) is 0 Å². The van der Waals surface area contributed by atoms with Crippen LogP contribution in [0.3, 0.4) is 0 Å². The van der Waals surface area contributed by atoms with Gasteiger partial charge in [-0.15, -0.1) is 0 Å². The Hall–Kier alpha value is -1.70. The number of carbonyl (C=O) groups is 2. The van der Waals surface area contributed by atoms with Crippen molar-refractivity contribution >= 4 is 11.9 Å². The highest BCUT2D eigenvalue weighted by atomic mass is 16.5. The normalized spacial score (nSPS) is 10.7. The Kier molecular flexibility index (Phi) is 13.7. The second-order valence-corrected chi connectivity index (χ2v) is 4.33. The number of hydrogen-bond donors (Lipinski definition) is 4. The second-order valence-electron chi connectivity index (χ2n) is 4.33. The second kappa shape index (κ2) is 13.3. The number of aliphatic hydroxyl groups excluding tert-OH is 3. The topological polar surface area (TPSA) is 116 Å². The van der Waals surface area contributed by atoms with Gasteiger partial charge in [0.2, 0.25) is 5.91 Å². The highest BCUT2D eigenvalue weighted by Gasteiger charge is 2.07. The number of nitrogens with one attached hydrogen (secondary N) is 1. The van der Waals surface area contributed by atoms with E-state index < -0.39 is 18.7 Å². The van der Waals surface area contributed by atoms with E-state index in [2.05, 4.69) is 23.2 Å². The van der Waals surface area contributed by atoms with Crippen LogP contribution >= 0.6 is 0 Å². The number of esters is 1. The van der Waals surface area contributed by atoms with Gasteiger partial charge in [-0.05, 0) is 20.3 Å². The lowest BCUT2D eigenvalue weighted by Gasteiger charge is -2.07. The zero-order valence-corrected chi connectivity index (χ0v) is 12.6. The first-order valence-electron chi connectivity index (χ1n) is 6.42. The molecule has 0 saturated heterocycles. The Labute approximate surface area is 124 Å². The Morgan fingerprint density at radius 3 is 2.14 bits per heavy atom. The van der Waals surface area contributed by atoms with Crippen LogP contribution < -0.4 is 5.32 Å². The fraction of sp³-hybridized carbons (Fsp3) is 0.571. The summed E-state index contributed by atoms with van der Waals surface area (Å²) in [4.78, 5) is 21.4. The van der Waals surface area contributed by atoms with E-state index in [1.54, 1.807) is 6.92 Å². The molecule has 0 aliphatic rings. The van der Waals surface area contributed by atoms with Gasteiger partial charge in [-0.2, -0.15) is 0 Å². The van der Waals surface area contributed by atoms with Crippen molar-refractivity contribution in [2.45, 2.75) is 26.4 Å². The molecule has 7 heteroatoms. The minimum atomic E-state index is -1.00. The van der Waals surface area contributed by atoms with E-state index >= 15 is 0 Å². The summed E-state index contributed by atoms with van der Waals surface area (Å²) in [5.74, 6) is -0.703. The van der Waals surface area contributed by atoms with Gasteiger partial charge in [0, 0.05) is 24.3 Å². The summed E-state index contributed by atoms with van der Waals surface area (Å²) in [5, 5.41) is 28.0. The van der Waals surface area contributed by atoms with Gasteiger partial charge < -0.3 is 25.4 Å². The smallest absolute Gasteiger partial charge is 0.333 e. The lowest BCUT2D eigenvalue weighted by atomic mass is 10.3. The molecule has 122 valence electrons. The Bertz CT molecular complexity index is 353. The summed E-state index contributed by atoms with van der Waals surface area (Å²) in [7, 11) is 0. The molecule has 0 bridgehead atoms. The van der Waals surface area contributed by atoms with Crippen LogP contribution in [0.25, 0.3) is 0 Å². The fourth-order valence-corrected chi connectivity index (χ4v) is 0.780. The van der Waals surface area contributed by atoms with E-state index in [9.17, 15) is 9.59 Å². The molecule has 0 spiro atoms. The molecule has 0 aromatic carbocycles. The third kappa shape index (κ3) is 14.5. The summed E-state index contributed by atoms with van der Waals surface area (Å²) in [6.07, 6.45) is -0.405. The molecule has 21 heavy (non-hydrogen) atoms. The van der Waals surface area contributed by atoms with Gasteiger partial charge in [0.25, 0.3) is 0 Å². The third-order valence-electron chi connectivity index (χ3n) is 1.97. The number of rotatable bonds is 8. The number of aliphatic hydroxyl groups is 3. The average Bonchev–Trinajstić information content (AvgIpc) is 2.44. The van der Waals surface area contributed by atoms with Crippen LogP contribution in [0.1, 0.15) is 20.3 Å². The molecule has 0 aromatic heterocycles. The van der Waals surface area contributed by atoms with Crippen LogP contribution in [0.5, 0.6) is 0 Å². The largest absolute Gasteiger partial charge is 0.460 e. The maximum absolute atomic E-state index is 10.7. The van der Waals surface area contributed by atoms with Crippen molar-refractivity contribution in [3.05, 3.63) is 24.3 Å². The molecule has 0 fully saturated rings. The summed E-state index contributed by atoms with van der Waals surface area (Å²) in [6, 6.07) is 0. The van der Waals surface area contributed by atoms with Crippen LogP contribution in [0, 0.1) is 0 Å². The number of ether oxygens (including phenoxy) is 1. The van der Waals surface area contributed by atoms with Gasteiger partial charge in [-0.1, -0.05) is 13.2 Å². The van der Waals surface area contributed by atoms with Crippen LogP contribution in [0.4, 0.5) is 0 Å². The van der Waals surface area contributed by atoms with Crippen LogP contribution in [0.15, 0.2) is 24.3 Å². The quantitative estimate of drug-likeness (QED) is 0.273. The molecule has 0 saturated carbocycles. The predicted molar refractivity (Wildman–Crippen MR) is 78.4 cm³/mol. The van der Waals surface area contributed by atoms with Gasteiger partial charge in [0.1, 0.15) is 12.7 Å². The monoisotopic (exact) mass is 303 g/mol. The average molecular weight is 303 g/mol. The molecule has 7 nitrogen and oxygen atoms in total. The Morgan fingerprint density at radius 2 is 1.76 bits per heavy atom. The predicted octanol–water partition coefficient (Wildman–Crippen LogP) is -0.480.